The highest BCUT2D eigenvalue weighted by Crippen LogP contribution is 2.12. The van der Waals surface area contributed by atoms with Crippen LogP contribution in [0.25, 0.3) is 0 Å². The van der Waals surface area contributed by atoms with Gasteiger partial charge >= 0.3 is 0 Å². The molecule has 0 fully saturated rings. The Hall–Kier alpha value is -1.28. The summed E-state index contributed by atoms with van der Waals surface area (Å²) in [5.41, 5.74) is 0.915. The SMILES string of the molecule is C=CCCCCCOc1ccc(CO)cc1. The van der Waals surface area contributed by atoms with Crippen LogP contribution < -0.4 is 4.74 Å². The molecule has 0 aliphatic carbocycles. The molecule has 0 atom stereocenters. The van der Waals surface area contributed by atoms with Crippen LogP contribution in [0.3, 0.4) is 0 Å². The van der Waals surface area contributed by atoms with Gasteiger partial charge in [0.15, 0.2) is 0 Å². The largest absolute Gasteiger partial charge is 0.494 e. The summed E-state index contributed by atoms with van der Waals surface area (Å²) in [6, 6.07) is 7.56. The molecular weight excluding hydrogens is 200 g/mol. The number of benzene rings is 1. The highest BCUT2D eigenvalue weighted by atomic mass is 16.5. The Balaban J connectivity index is 2.14. The molecule has 88 valence electrons. The first-order valence-corrected chi connectivity index (χ1v) is 5.80. The van der Waals surface area contributed by atoms with Crippen LogP contribution in [0, 0.1) is 0 Å². The van der Waals surface area contributed by atoms with Crippen LogP contribution in [-0.2, 0) is 6.61 Å². The van der Waals surface area contributed by atoms with Crippen LogP contribution in [0.15, 0.2) is 36.9 Å². The van der Waals surface area contributed by atoms with Gasteiger partial charge in [-0.1, -0.05) is 18.2 Å². The topological polar surface area (TPSA) is 29.5 Å². The minimum atomic E-state index is 0.0852. The second kappa shape index (κ2) is 7.94. The van der Waals surface area contributed by atoms with Crippen molar-refractivity contribution in [2.24, 2.45) is 0 Å². The third-order valence-corrected chi connectivity index (χ3v) is 2.43. The monoisotopic (exact) mass is 220 g/mol. The second-order valence-electron chi connectivity index (χ2n) is 3.79. The Bertz CT molecular complexity index is 290. The highest BCUT2D eigenvalue weighted by molar-refractivity contribution is 5.26. The summed E-state index contributed by atoms with van der Waals surface area (Å²) in [5, 5.41) is 8.88. The first-order valence-electron chi connectivity index (χ1n) is 5.80. The Kier molecular flexibility index (Phi) is 6.35. The predicted molar refractivity (Wildman–Crippen MR) is 66.5 cm³/mol. The molecule has 0 radical (unpaired) electrons. The fraction of sp³-hybridized carbons (Fsp3) is 0.429. The van der Waals surface area contributed by atoms with Gasteiger partial charge in [-0.2, -0.15) is 0 Å². The number of hydrogen-bond acceptors (Lipinski definition) is 2. The van der Waals surface area contributed by atoms with Gasteiger partial charge in [0.05, 0.1) is 13.2 Å². The van der Waals surface area contributed by atoms with Crippen LogP contribution in [0.2, 0.25) is 0 Å². The summed E-state index contributed by atoms with van der Waals surface area (Å²) >= 11 is 0. The smallest absolute Gasteiger partial charge is 0.119 e. The number of aliphatic hydroxyl groups excluding tert-OH is 1. The molecular formula is C14H20O2. The van der Waals surface area contributed by atoms with E-state index in [4.69, 9.17) is 9.84 Å². The van der Waals surface area contributed by atoms with E-state index >= 15 is 0 Å². The Morgan fingerprint density at radius 2 is 1.88 bits per heavy atom. The summed E-state index contributed by atoms with van der Waals surface area (Å²) < 4.78 is 5.58. The molecule has 2 nitrogen and oxygen atoms in total. The van der Waals surface area contributed by atoms with E-state index in [1.54, 1.807) is 0 Å². The van der Waals surface area contributed by atoms with E-state index in [9.17, 15) is 0 Å². The number of aliphatic hydroxyl groups is 1. The fourth-order valence-electron chi connectivity index (χ4n) is 1.45. The van der Waals surface area contributed by atoms with Crippen molar-refractivity contribution in [3.05, 3.63) is 42.5 Å². The Labute approximate surface area is 97.6 Å². The number of ether oxygens (including phenoxy) is 1. The predicted octanol–water partition coefficient (Wildman–Crippen LogP) is 3.30. The van der Waals surface area contributed by atoms with Crippen molar-refractivity contribution in [3.8, 4) is 5.75 Å². The number of hydrogen-bond donors (Lipinski definition) is 1. The molecule has 0 saturated carbocycles. The average molecular weight is 220 g/mol. The average Bonchev–Trinajstić information content (AvgIpc) is 2.34. The van der Waals surface area contributed by atoms with Crippen LogP contribution in [-0.4, -0.2) is 11.7 Å². The summed E-state index contributed by atoms with van der Waals surface area (Å²) in [5.74, 6) is 0.876. The van der Waals surface area contributed by atoms with Crippen molar-refractivity contribution in [1.82, 2.24) is 0 Å². The van der Waals surface area contributed by atoms with Crippen LogP contribution in [0.1, 0.15) is 31.2 Å². The zero-order valence-corrected chi connectivity index (χ0v) is 9.69. The lowest BCUT2D eigenvalue weighted by Crippen LogP contribution is -1.97. The number of allylic oxidation sites excluding steroid dienone is 1. The standard InChI is InChI=1S/C14H20O2/c1-2-3-4-5-6-11-16-14-9-7-13(12-15)8-10-14/h2,7-10,15H,1,3-6,11-12H2. The zero-order valence-electron chi connectivity index (χ0n) is 9.69. The van der Waals surface area contributed by atoms with Gasteiger partial charge in [0.1, 0.15) is 5.75 Å². The molecule has 0 spiro atoms. The lowest BCUT2D eigenvalue weighted by molar-refractivity contribution is 0.281. The maximum atomic E-state index is 8.88. The highest BCUT2D eigenvalue weighted by Gasteiger charge is 1.94. The summed E-state index contributed by atoms with van der Waals surface area (Å²) in [7, 11) is 0. The van der Waals surface area contributed by atoms with E-state index in [0.717, 1.165) is 30.8 Å². The third-order valence-electron chi connectivity index (χ3n) is 2.43. The molecule has 1 aromatic rings. The number of unbranched alkanes of at least 4 members (excludes halogenated alkanes) is 3. The van der Waals surface area contributed by atoms with Crippen molar-refractivity contribution in [2.75, 3.05) is 6.61 Å². The van der Waals surface area contributed by atoms with Gasteiger partial charge in [0, 0.05) is 0 Å². The lowest BCUT2D eigenvalue weighted by atomic mass is 10.2. The lowest BCUT2D eigenvalue weighted by Gasteiger charge is -2.06. The maximum absolute atomic E-state index is 8.88. The van der Waals surface area contributed by atoms with E-state index in [-0.39, 0.29) is 6.61 Å². The van der Waals surface area contributed by atoms with E-state index in [1.807, 2.05) is 30.3 Å². The molecule has 1 N–H and O–H groups in total. The van der Waals surface area contributed by atoms with Gasteiger partial charge in [-0.3, -0.25) is 0 Å². The molecule has 0 heterocycles. The van der Waals surface area contributed by atoms with Crippen LogP contribution in [0.4, 0.5) is 0 Å². The zero-order chi connectivity index (χ0) is 11.6. The maximum Gasteiger partial charge on any atom is 0.119 e. The minimum absolute atomic E-state index is 0.0852. The summed E-state index contributed by atoms with van der Waals surface area (Å²) in [4.78, 5) is 0. The van der Waals surface area contributed by atoms with Gasteiger partial charge in [0.2, 0.25) is 0 Å². The van der Waals surface area contributed by atoms with Gasteiger partial charge in [0.25, 0.3) is 0 Å². The Morgan fingerprint density at radius 1 is 1.12 bits per heavy atom. The van der Waals surface area contributed by atoms with E-state index in [1.165, 1.54) is 12.8 Å². The first-order chi connectivity index (χ1) is 7.86. The molecule has 1 aromatic carbocycles. The molecule has 0 bridgehead atoms. The van der Waals surface area contributed by atoms with E-state index < -0.39 is 0 Å². The second-order valence-corrected chi connectivity index (χ2v) is 3.79. The summed E-state index contributed by atoms with van der Waals surface area (Å²) in [6.45, 7) is 4.54. The Morgan fingerprint density at radius 3 is 2.50 bits per heavy atom. The molecule has 0 saturated heterocycles. The van der Waals surface area contributed by atoms with Crippen molar-refractivity contribution in [1.29, 1.82) is 0 Å². The van der Waals surface area contributed by atoms with Crippen LogP contribution >= 0.6 is 0 Å². The van der Waals surface area contributed by atoms with E-state index in [0.29, 0.717) is 0 Å². The molecule has 0 aromatic heterocycles. The van der Waals surface area contributed by atoms with Gasteiger partial charge in [-0.15, -0.1) is 6.58 Å². The third kappa shape index (κ3) is 4.99. The van der Waals surface area contributed by atoms with E-state index in [2.05, 4.69) is 6.58 Å². The summed E-state index contributed by atoms with van der Waals surface area (Å²) in [6.07, 6.45) is 6.49. The molecule has 0 aliphatic heterocycles. The first kappa shape index (κ1) is 12.8. The van der Waals surface area contributed by atoms with Crippen molar-refractivity contribution < 1.29 is 9.84 Å². The van der Waals surface area contributed by atoms with Crippen molar-refractivity contribution in [2.45, 2.75) is 32.3 Å². The number of rotatable bonds is 8. The molecule has 0 amide bonds. The van der Waals surface area contributed by atoms with Crippen molar-refractivity contribution >= 4 is 0 Å². The minimum Gasteiger partial charge on any atom is -0.494 e. The molecule has 1 rings (SSSR count). The fourth-order valence-corrected chi connectivity index (χ4v) is 1.45. The van der Waals surface area contributed by atoms with Crippen molar-refractivity contribution in [3.63, 3.8) is 0 Å². The molecule has 16 heavy (non-hydrogen) atoms. The van der Waals surface area contributed by atoms with Gasteiger partial charge < -0.3 is 9.84 Å². The molecule has 0 aliphatic rings. The normalized spacial score (nSPS) is 10.1. The van der Waals surface area contributed by atoms with Gasteiger partial charge in [-0.05, 0) is 43.4 Å². The quantitative estimate of drug-likeness (QED) is 0.538. The van der Waals surface area contributed by atoms with Gasteiger partial charge in [-0.25, -0.2) is 0 Å². The van der Waals surface area contributed by atoms with Crippen LogP contribution in [0.5, 0.6) is 5.75 Å². The molecule has 2 heteroatoms. The molecule has 0 unspecified atom stereocenters.